The van der Waals surface area contributed by atoms with Gasteiger partial charge in [-0.1, -0.05) is 12.1 Å². The van der Waals surface area contributed by atoms with Gasteiger partial charge in [-0.15, -0.1) is 0 Å². The van der Waals surface area contributed by atoms with Crippen LogP contribution in [0.4, 0.5) is 4.39 Å². The zero-order chi connectivity index (χ0) is 19.2. The van der Waals surface area contributed by atoms with Crippen LogP contribution >= 0.6 is 0 Å². The first kappa shape index (κ1) is 20.0. The van der Waals surface area contributed by atoms with Crippen LogP contribution in [-0.4, -0.2) is 34.6 Å². The highest BCUT2D eigenvalue weighted by molar-refractivity contribution is 7.89. The van der Waals surface area contributed by atoms with Gasteiger partial charge in [0.1, 0.15) is 5.82 Å². The molecule has 2 N–H and O–H groups in total. The molecule has 140 valence electrons. The van der Waals surface area contributed by atoms with Crippen molar-refractivity contribution in [2.24, 2.45) is 0 Å². The summed E-state index contributed by atoms with van der Waals surface area (Å²) in [6, 6.07) is 10.3. The summed E-state index contributed by atoms with van der Waals surface area (Å²) in [6.45, 7) is 2.26. The number of hydrogen-bond acceptors (Lipinski definition) is 4. The molecule has 0 spiro atoms. The molecule has 0 aromatic heterocycles. The molecule has 2 rings (SSSR count). The predicted molar refractivity (Wildman–Crippen MR) is 95.8 cm³/mol. The fourth-order valence-corrected chi connectivity index (χ4v) is 3.19. The highest BCUT2D eigenvalue weighted by Gasteiger charge is 2.14. The van der Waals surface area contributed by atoms with Crippen molar-refractivity contribution in [1.82, 2.24) is 10.0 Å². The number of methoxy groups -OCH3 is 1. The van der Waals surface area contributed by atoms with E-state index in [1.807, 2.05) is 0 Å². The third kappa shape index (κ3) is 5.35. The quantitative estimate of drug-likeness (QED) is 0.686. The van der Waals surface area contributed by atoms with E-state index >= 15 is 0 Å². The smallest absolute Gasteiger partial charge is 0.251 e. The highest BCUT2D eigenvalue weighted by atomic mass is 32.2. The number of ether oxygens (including phenoxy) is 1. The lowest BCUT2D eigenvalue weighted by Gasteiger charge is -2.08. The van der Waals surface area contributed by atoms with E-state index in [4.69, 9.17) is 4.74 Å². The Bertz CT molecular complexity index is 867. The first-order valence-electron chi connectivity index (χ1n) is 7.95. The average molecular weight is 380 g/mol. The molecule has 2 aromatic carbocycles. The number of rotatable bonds is 8. The summed E-state index contributed by atoms with van der Waals surface area (Å²) in [5.41, 5.74) is 1.49. The lowest BCUT2D eigenvalue weighted by Crippen LogP contribution is -2.27. The Hall–Kier alpha value is -2.29. The second-order valence-electron chi connectivity index (χ2n) is 5.68. The number of nitrogens with one attached hydrogen (secondary N) is 2. The van der Waals surface area contributed by atoms with Crippen molar-refractivity contribution in [3.63, 3.8) is 0 Å². The Balaban J connectivity index is 1.98. The van der Waals surface area contributed by atoms with E-state index in [0.29, 0.717) is 16.7 Å². The molecule has 1 amide bonds. The SMILES string of the molecule is COCCNS(=O)(=O)c1ccc(C(=O)NCc2ccc(C)c(F)c2)cc1. The number of carbonyl (C=O) groups is 1. The van der Waals surface area contributed by atoms with Gasteiger partial charge in [-0.2, -0.15) is 0 Å². The number of hydrogen-bond donors (Lipinski definition) is 2. The third-order valence-electron chi connectivity index (χ3n) is 3.71. The van der Waals surface area contributed by atoms with Gasteiger partial charge in [-0.25, -0.2) is 17.5 Å². The topological polar surface area (TPSA) is 84.5 Å². The van der Waals surface area contributed by atoms with Gasteiger partial charge in [0.15, 0.2) is 0 Å². The standard InChI is InChI=1S/C18H21FN2O4S/c1-13-3-4-14(11-17(13)19)12-20-18(22)15-5-7-16(8-6-15)26(23,24)21-9-10-25-2/h3-8,11,21H,9-10,12H2,1-2H3,(H,20,22). The number of benzene rings is 2. The van der Waals surface area contributed by atoms with E-state index in [-0.39, 0.29) is 36.3 Å². The van der Waals surface area contributed by atoms with Crippen molar-refractivity contribution in [2.75, 3.05) is 20.3 Å². The largest absolute Gasteiger partial charge is 0.383 e. The normalized spacial score (nSPS) is 11.3. The molecule has 0 bridgehead atoms. The Labute approximate surface area is 152 Å². The van der Waals surface area contributed by atoms with Gasteiger partial charge in [0.2, 0.25) is 10.0 Å². The van der Waals surface area contributed by atoms with Gasteiger partial charge in [0.25, 0.3) is 5.91 Å². The molecule has 0 heterocycles. The second kappa shape index (κ2) is 8.88. The summed E-state index contributed by atoms with van der Waals surface area (Å²) in [7, 11) is -2.16. The number of amides is 1. The van der Waals surface area contributed by atoms with Crippen LogP contribution in [0.1, 0.15) is 21.5 Å². The molecule has 26 heavy (non-hydrogen) atoms. The van der Waals surface area contributed by atoms with Gasteiger partial charge in [-0.05, 0) is 48.4 Å². The average Bonchev–Trinajstić information content (AvgIpc) is 2.62. The molecule has 2 aromatic rings. The Morgan fingerprint density at radius 1 is 1.15 bits per heavy atom. The maximum absolute atomic E-state index is 13.5. The van der Waals surface area contributed by atoms with E-state index in [9.17, 15) is 17.6 Å². The minimum atomic E-state index is -3.64. The minimum Gasteiger partial charge on any atom is -0.383 e. The van der Waals surface area contributed by atoms with Crippen LogP contribution in [0, 0.1) is 12.7 Å². The van der Waals surface area contributed by atoms with Crippen molar-refractivity contribution in [2.45, 2.75) is 18.4 Å². The maximum atomic E-state index is 13.5. The van der Waals surface area contributed by atoms with Gasteiger partial charge >= 0.3 is 0 Å². The third-order valence-corrected chi connectivity index (χ3v) is 5.19. The fraction of sp³-hybridized carbons (Fsp3) is 0.278. The summed E-state index contributed by atoms with van der Waals surface area (Å²) in [6.07, 6.45) is 0. The minimum absolute atomic E-state index is 0.0609. The molecule has 0 saturated heterocycles. The van der Waals surface area contributed by atoms with Crippen LogP contribution in [0.3, 0.4) is 0 Å². The molecule has 0 radical (unpaired) electrons. The van der Waals surface area contributed by atoms with Crippen LogP contribution in [0.5, 0.6) is 0 Å². The van der Waals surface area contributed by atoms with Crippen LogP contribution < -0.4 is 10.0 Å². The molecule has 0 fully saturated rings. The van der Waals surface area contributed by atoms with Crippen molar-refractivity contribution in [3.05, 3.63) is 65.0 Å². The van der Waals surface area contributed by atoms with E-state index in [1.165, 1.54) is 37.4 Å². The van der Waals surface area contributed by atoms with Crippen molar-refractivity contribution >= 4 is 15.9 Å². The summed E-state index contributed by atoms with van der Waals surface area (Å²) < 4.78 is 44.8. The molecule has 0 aliphatic rings. The number of carbonyl (C=O) groups excluding carboxylic acids is 1. The number of sulfonamides is 1. The highest BCUT2D eigenvalue weighted by Crippen LogP contribution is 2.12. The molecular formula is C18H21FN2O4S. The predicted octanol–water partition coefficient (Wildman–Crippen LogP) is 1.99. The molecule has 0 aliphatic carbocycles. The monoisotopic (exact) mass is 380 g/mol. The summed E-state index contributed by atoms with van der Waals surface area (Å²) in [5, 5.41) is 2.67. The van der Waals surface area contributed by atoms with Crippen molar-refractivity contribution in [1.29, 1.82) is 0 Å². The van der Waals surface area contributed by atoms with Crippen LogP contribution in [0.15, 0.2) is 47.4 Å². The summed E-state index contributed by atoms with van der Waals surface area (Å²) in [4.78, 5) is 12.2. The molecule has 0 unspecified atom stereocenters. The molecular weight excluding hydrogens is 359 g/mol. The van der Waals surface area contributed by atoms with E-state index in [1.54, 1.807) is 19.1 Å². The van der Waals surface area contributed by atoms with E-state index in [0.717, 1.165) is 0 Å². The van der Waals surface area contributed by atoms with Crippen LogP contribution in [0.25, 0.3) is 0 Å². The zero-order valence-corrected chi connectivity index (χ0v) is 15.4. The molecule has 0 atom stereocenters. The first-order valence-corrected chi connectivity index (χ1v) is 9.43. The molecule has 8 heteroatoms. The molecule has 0 saturated carbocycles. The van der Waals surface area contributed by atoms with Crippen LogP contribution in [0.2, 0.25) is 0 Å². The van der Waals surface area contributed by atoms with E-state index < -0.39 is 10.0 Å². The van der Waals surface area contributed by atoms with E-state index in [2.05, 4.69) is 10.0 Å². The van der Waals surface area contributed by atoms with Gasteiger partial charge in [-0.3, -0.25) is 4.79 Å². The van der Waals surface area contributed by atoms with Crippen molar-refractivity contribution in [3.8, 4) is 0 Å². The maximum Gasteiger partial charge on any atom is 0.251 e. The lowest BCUT2D eigenvalue weighted by molar-refractivity contribution is 0.0950. The number of halogens is 1. The number of aryl methyl sites for hydroxylation is 1. The fourth-order valence-electron chi connectivity index (χ4n) is 2.18. The Morgan fingerprint density at radius 2 is 1.85 bits per heavy atom. The van der Waals surface area contributed by atoms with Crippen molar-refractivity contribution < 1.29 is 22.3 Å². The second-order valence-corrected chi connectivity index (χ2v) is 7.45. The Morgan fingerprint density at radius 3 is 2.46 bits per heavy atom. The summed E-state index contributed by atoms with van der Waals surface area (Å²) >= 11 is 0. The Kier molecular flexibility index (Phi) is 6.84. The molecule has 0 aliphatic heterocycles. The van der Waals surface area contributed by atoms with Gasteiger partial charge < -0.3 is 10.1 Å². The first-order chi connectivity index (χ1) is 12.3. The summed E-state index contributed by atoms with van der Waals surface area (Å²) in [5.74, 6) is -0.699. The zero-order valence-electron chi connectivity index (χ0n) is 14.6. The molecule has 6 nitrogen and oxygen atoms in total. The van der Waals surface area contributed by atoms with Crippen LogP contribution in [-0.2, 0) is 21.3 Å². The lowest BCUT2D eigenvalue weighted by atomic mass is 10.1. The van der Waals surface area contributed by atoms with Gasteiger partial charge in [0.05, 0.1) is 11.5 Å². The van der Waals surface area contributed by atoms with Gasteiger partial charge in [0, 0.05) is 25.8 Å².